The van der Waals surface area contributed by atoms with Crippen LogP contribution in [0.4, 0.5) is 0 Å². The summed E-state index contributed by atoms with van der Waals surface area (Å²) in [5.41, 5.74) is 3.13. The Labute approximate surface area is 203 Å². The molecule has 35 heavy (non-hydrogen) atoms. The van der Waals surface area contributed by atoms with Crippen molar-refractivity contribution >= 4 is 16.8 Å². The van der Waals surface area contributed by atoms with E-state index in [0.29, 0.717) is 40.2 Å². The van der Waals surface area contributed by atoms with Crippen molar-refractivity contribution in [3.05, 3.63) is 75.8 Å². The van der Waals surface area contributed by atoms with E-state index < -0.39 is 6.04 Å². The van der Waals surface area contributed by atoms with Crippen LogP contribution in [0.5, 0.6) is 11.5 Å². The number of fused-ring (bicyclic) bond motifs is 1. The molecule has 0 saturated heterocycles. The fourth-order valence-corrected chi connectivity index (χ4v) is 4.18. The number of para-hydroxylation sites is 1. The summed E-state index contributed by atoms with van der Waals surface area (Å²) in [7, 11) is 3.14. The van der Waals surface area contributed by atoms with E-state index in [1.54, 1.807) is 38.0 Å². The molecule has 2 aromatic carbocycles. The van der Waals surface area contributed by atoms with E-state index >= 15 is 0 Å². The average molecular weight is 476 g/mol. The topological polar surface area (TPSA) is 100 Å². The molecule has 9 heteroatoms. The number of carbonyl (C=O) groups is 1. The molecule has 0 unspecified atom stereocenters. The summed E-state index contributed by atoms with van der Waals surface area (Å²) in [6.45, 7) is 5.74. The minimum atomic E-state index is -0.769. The smallest absolute Gasteiger partial charge is 0.278 e. The molecule has 0 aliphatic rings. The predicted octanol–water partition coefficient (Wildman–Crippen LogP) is 3.48. The van der Waals surface area contributed by atoms with Crippen molar-refractivity contribution in [1.29, 1.82) is 0 Å². The highest BCUT2D eigenvalue weighted by Gasteiger charge is 2.25. The molecule has 2 aromatic heterocycles. The van der Waals surface area contributed by atoms with Gasteiger partial charge < -0.3 is 14.8 Å². The van der Waals surface area contributed by atoms with Gasteiger partial charge in [0.25, 0.3) is 5.56 Å². The molecular formula is C26H29N5O4. The molecule has 0 spiro atoms. The molecule has 0 bridgehead atoms. The van der Waals surface area contributed by atoms with Crippen LogP contribution in [0.15, 0.2) is 53.3 Å². The quantitative estimate of drug-likeness (QED) is 0.419. The number of aryl methyl sites for hydroxylation is 2. The lowest BCUT2D eigenvalue weighted by molar-refractivity contribution is -0.125. The Bertz CT molecular complexity index is 1430. The van der Waals surface area contributed by atoms with Crippen molar-refractivity contribution < 1.29 is 14.3 Å². The second-order valence-corrected chi connectivity index (χ2v) is 8.21. The largest absolute Gasteiger partial charge is 0.497 e. The van der Waals surface area contributed by atoms with Crippen LogP contribution in [0.3, 0.4) is 0 Å². The number of methoxy groups -OCH3 is 2. The Morgan fingerprint density at radius 2 is 1.80 bits per heavy atom. The van der Waals surface area contributed by atoms with Crippen LogP contribution in [0, 0.1) is 13.8 Å². The molecule has 9 nitrogen and oxygen atoms in total. The van der Waals surface area contributed by atoms with Gasteiger partial charge in [-0.3, -0.25) is 9.59 Å². The van der Waals surface area contributed by atoms with Gasteiger partial charge in [0.05, 0.1) is 36.7 Å². The lowest BCUT2D eigenvalue weighted by Crippen LogP contribution is -2.38. The highest BCUT2D eigenvalue weighted by molar-refractivity contribution is 5.84. The van der Waals surface area contributed by atoms with E-state index in [0.717, 1.165) is 11.3 Å². The standard InChI is InChI=1S/C26H29N5O4/c1-6-21(25(32)27-15-18-12-13-20(34-4)14-22(18)35-5)31-26(33)23-17(3)30(19-10-8-7-9-11-19)29-24(23)16(2)28-31/h7-14,21H,6,15H2,1-5H3,(H,27,32)/t21-/m0/s1. The molecule has 4 rings (SSSR count). The maximum absolute atomic E-state index is 13.5. The second kappa shape index (κ2) is 10.0. The van der Waals surface area contributed by atoms with E-state index in [1.807, 2.05) is 50.2 Å². The van der Waals surface area contributed by atoms with Crippen molar-refractivity contribution in [3.63, 3.8) is 0 Å². The number of amides is 1. The molecule has 0 saturated carbocycles. The Morgan fingerprint density at radius 3 is 2.46 bits per heavy atom. The Morgan fingerprint density at radius 1 is 1.06 bits per heavy atom. The zero-order valence-corrected chi connectivity index (χ0v) is 20.5. The second-order valence-electron chi connectivity index (χ2n) is 8.21. The van der Waals surface area contributed by atoms with Crippen LogP contribution in [0.2, 0.25) is 0 Å². The van der Waals surface area contributed by atoms with Crippen LogP contribution in [0.25, 0.3) is 16.6 Å². The highest BCUT2D eigenvalue weighted by Crippen LogP contribution is 2.25. The number of hydrogen-bond donors (Lipinski definition) is 1. The normalized spacial score (nSPS) is 11.9. The number of nitrogens with zero attached hydrogens (tertiary/aromatic N) is 4. The zero-order chi connectivity index (χ0) is 25.1. The molecule has 1 N–H and O–H groups in total. The predicted molar refractivity (Wildman–Crippen MR) is 133 cm³/mol. The van der Waals surface area contributed by atoms with Gasteiger partial charge in [-0.2, -0.15) is 10.2 Å². The number of rotatable bonds is 8. The zero-order valence-electron chi connectivity index (χ0n) is 20.5. The van der Waals surface area contributed by atoms with Crippen LogP contribution in [0.1, 0.15) is 36.3 Å². The molecular weight excluding hydrogens is 446 g/mol. The molecule has 1 atom stereocenters. The number of nitrogens with one attached hydrogen (secondary N) is 1. The van der Waals surface area contributed by atoms with Crippen molar-refractivity contribution in [1.82, 2.24) is 24.9 Å². The average Bonchev–Trinajstić information content (AvgIpc) is 3.24. The first kappa shape index (κ1) is 24.0. The molecule has 182 valence electrons. The first-order valence-electron chi connectivity index (χ1n) is 11.4. The summed E-state index contributed by atoms with van der Waals surface area (Å²) in [6, 6.07) is 14.2. The lowest BCUT2D eigenvalue weighted by Gasteiger charge is -2.18. The minimum Gasteiger partial charge on any atom is -0.497 e. The number of hydrogen-bond acceptors (Lipinski definition) is 6. The van der Waals surface area contributed by atoms with Gasteiger partial charge >= 0.3 is 0 Å². The monoisotopic (exact) mass is 475 g/mol. The van der Waals surface area contributed by atoms with Crippen molar-refractivity contribution in [2.45, 2.75) is 39.8 Å². The third kappa shape index (κ3) is 4.49. The molecule has 0 aliphatic carbocycles. The highest BCUT2D eigenvalue weighted by atomic mass is 16.5. The number of benzene rings is 2. The van der Waals surface area contributed by atoms with Gasteiger partial charge in [-0.25, -0.2) is 9.36 Å². The molecule has 4 aromatic rings. The van der Waals surface area contributed by atoms with Crippen LogP contribution < -0.4 is 20.3 Å². The first-order chi connectivity index (χ1) is 16.9. The van der Waals surface area contributed by atoms with E-state index in [1.165, 1.54) is 4.68 Å². The van der Waals surface area contributed by atoms with E-state index in [9.17, 15) is 9.59 Å². The molecule has 0 aliphatic heterocycles. The number of aromatic nitrogens is 4. The van der Waals surface area contributed by atoms with Crippen LogP contribution >= 0.6 is 0 Å². The summed E-state index contributed by atoms with van der Waals surface area (Å²) in [4.78, 5) is 26.7. The van der Waals surface area contributed by atoms with Gasteiger partial charge in [0, 0.05) is 18.2 Å². The van der Waals surface area contributed by atoms with E-state index in [-0.39, 0.29) is 18.0 Å². The Hall–Kier alpha value is -4.14. The molecule has 2 heterocycles. The third-order valence-electron chi connectivity index (χ3n) is 6.07. The van der Waals surface area contributed by atoms with Gasteiger partial charge in [0.1, 0.15) is 23.1 Å². The molecule has 1 amide bonds. The summed E-state index contributed by atoms with van der Waals surface area (Å²) in [6.07, 6.45) is 0.398. The van der Waals surface area contributed by atoms with E-state index in [4.69, 9.17) is 9.47 Å². The fraction of sp³-hybridized carbons (Fsp3) is 0.308. The number of carbonyl (C=O) groups excluding carboxylic acids is 1. The third-order valence-corrected chi connectivity index (χ3v) is 6.07. The minimum absolute atomic E-state index is 0.240. The first-order valence-corrected chi connectivity index (χ1v) is 11.4. The summed E-state index contributed by atoms with van der Waals surface area (Å²) >= 11 is 0. The Kier molecular flexibility index (Phi) is 6.86. The summed E-state index contributed by atoms with van der Waals surface area (Å²) < 4.78 is 13.7. The van der Waals surface area contributed by atoms with Gasteiger partial charge in [-0.1, -0.05) is 25.1 Å². The SMILES string of the molecule is CC[C@@H](C(=O)NCc1ccc(OC)cc1OC)n1nc(C)c2nn(-c3ccccc3)c(C)c2c1=O. The van der Waals surface area contributed by atoms with Gasteiger partial charge in [0.2, 0.25) is 5.91 Å². The maximum atomic E-state index is 13.5. The van der Waals surface area contributed by atoms with Crippen molar-refractivity contribution in [3.8, 4) is 17.2 Å². The summed E-state index contributed by atoms with van der Waals surface area (Å²) in [5, 5.41) is 12.5. The Balaban J connectivity index is 1.67. The van der Waals surface area contributed by atoms with Gasteiger partial charge in [-0.05, 0) is 44.5 Å². The van der Waals surface area contributed by atoms with Crippen LogP contribution in [-0.2, 0) is 11.3 Å². The number of ether oxygens (including phenoxy) is 2. The van der Waals surface area contributed by atoms with Gasteiger partial charge in [-0.15, -0.1) is 0 Å². The molecule has 0 fully saturated rings. The lowest BCUT2D eigenvalue weighted by atomic mass is 10.1. The fourth-order valence-electron chi connectivity index (χ4n) is 4.18. The van der Waals surface area contributed by atoms with Crippen molar-refractivity contribution in [2.24, 2.45) is 0 Å². The van der Waals surface area contributed by atoms with E-state index in [2.05, 4.69) is 15.5 Å². The van der Waals surface area contributed by atoms with Crippen LogP contribution in [-0.4, -0.2) is 39.7 Å². The maximum Gasteiger partial charge on any atom is 0.278 e. The summed E-state index contributed by atoms with van der Waals surface area (Å²) in [5.74, 6) is 0.968. The molecule has 0 radical (unpaired) electrons. The van der Waals surface area contributed by atoms with Gasteiger partial charge in [0.15, 0.2) is 0 Å². The van der Waals surface area contributed by atoms with Crippen molar-refractivity contribution in [2.75, 3.05) is 14.2 Å².